The number of carbonyl (C=O) groups excluding carboxylic acids is 1. The van der Waals surface area contributed by atoms with Crippen molar-refractivity contribution in [1.29, 1.82) is 0 Å². The lowest BCUT2D eigenvalue weighted by molar-refractivity contribution is 0.0949. The Kier molecular flexibility index (Phi) is 4.97. The number of aromatic amines is 1. The third kappa shape index (κ3) is 4.15. The van der Waals surface area contributed by atoms with Gasteiger partial charge in [-0.2, -0.15) is 0 Å². The number of aryl methyl sites for hydroxylation is 1. The predicted molar refractivity (Wildman–Crippen MR) is 99.9 cm³/mol. The van der Waals surface area contributed by atoms with Gasteiger partial charge in [-0.3, -0.25) is 4.79 Å². The molecule has 0 atom stereocenters. The van der Waals surface area contributed by atoms with E-state index >= 15 is 0 Å². The van der Waals surface area contributed by atoms with Crippen LogP contribution in [0.3, 0.4) is 0 Å². The van der Waals surface area contributed by atoms with Crippen LogP contribution < -0.4 is 10.6 Å². The van der Waals surface area contributed by atoms with Gasteiger partial charge in [0.1, 0.15) is 5.69 Å². The fourth-order valence-electron chi connectivity index (χ4n) is 2.75. The SMILES string of the molecule is Cc1cc(C(=O)NCCc2c[nH]c3ccccc23)nc(NC(C)C)n1. The maximum absolute atomic E-state index is 12.4. The second-order valence-corrected chi connectivity index (χ2v) is 6.38. The molecule has 3 N–H and O–H groups in total. The number of fused-ring (bicyclic) bond motifs is 1. The molecule has 6 nitrogen and oxygen atoms in total. The van der Waals surface area contributed by atoms with E-state index in [1.54, 1.807) is 6.07 Å². The first-order chi connectivity index (χ1) is 12.0. The molecule has 130 valence electrons. The first-order valence-electron chi connectivity index (χ1n) is 8.48. The highest BCUT2D eigenvalue weighted by molar-refractivity contribution is 5.92. The Morgan fingerprint density at radius 1 is 1.24 bits per heavy atom. The standard InChI is InChI=1S/C19H23N5O/c1-12(2)22-19-23-13(3)10-17(24-19)18(25)20-9-8-14-11-21-16-7-5-4-6-15(14)16/h4-7,10-12,21H,8-9H2,1-3H3,(H,20,25)(H,22,23,24). The van der Waals surface area contributed by atoms with E-state index in [0.29, 0.717) is 18.2 Å². The Hall–Kier alpha value is -2.89. The minimum Gasteiger partial charge on any atom is -0.361 e. The Balaban J connectivity index is 1.63. The van der Waals surface area contributed by atoms with Crippen LogP contribution in [0.2, 0.25) is 0 Å². The van der Waals surface area contributed by atoms with Gasteiger partial charge >= 0.3 is 0 Å². The quantitative estimate of drug-likeness (QED) is 0.645. The monoisotopic (exact) mass is 337 g/mol. The molecule has 0 bridgehead atoms. The van der Waals surface area contributed by atoms with E-state index in [4.69, 9.17) is 0 Å². The number of para-hydroxylation sites is 1. The van der Waals surface area contributed by atoms with E-state index in [9.17, 15) is 4.79 Å². The summed E-state index contributed by atoms with van der Waals surface area (Å²) in [5.74, 6) is 0.300. The number of anilines is 1. The van der Waals surface area contributed by atoms with Crippen LogP contribution >= 0.6 is 0 Å². The van der Waals surface area contributed by atoms with Gasteiger partial charge in [0, 0.05) is 35.4 Å². The summed E-state index contributed by atoms with van der Waals surface area (Å²) < 4.78 is 0. The second kappa shape index (κ2) is 7.34. The number of nitrogens with one attached hydrogen (secondary N) is 3. The van der Waals surface area contributed by atoms with Crippen molar-refractivity contribution in [2.75, 3.05) is 11.9 Å². The number of rotatable bonds is 6. The molecule has 0 fully saturated rings. The Labute approximate surface area is 147 Å². The van der Waals surface area contributed by atoms with E-state index < -0.39 is 0 Å². The average Bonchev–Trinajstić information content (AvgIpc) is 2.97. The molecule has 1 aromatic carbocycles. The lowest BCUT2D eigenvalue weighted by Gasteiger charge is -2.10. The molecule has 1 amide bonds. The van der Waals surface area contributed by atoms with Crippen molar-refractivity contribution in [3.05, 3.63) is 53.5 Å². The summed E-state index contributed by atoms with van der Waals surface area (Å²) in [6, 6.07) is 10.1. The topological polar surface area (TPSA) is 82.7 Å². The van der Waals surface area contributed by atoms with Crippen LogP contribution in [-0.2, 0) is 6.42 Å². The van der Waals surface area contributed by atoms with Crippen molar-refractivity contribution >= 4 is 22.8 Å². The lowest BCUT2D eigenvalue weighted by atomic mass is 10.1. The molecular formula is C19H23N5O. The summed E-state index contributed by atoms with van der Waals surface area (Å²) >= 11 is 0. The number of aromatic nitrogens is 3. The number of hydrogen-bond acceptors (Lipinski definition) is 4. The van der Waals surface area contributed by atoms with Gasteiger partial charge in [-0.15, -0.1) is 0 Å². The van der Waals surface area contributed by atoms with Gasteiger partial charge in [0.25, 0.3) is 5.91 Å². The molecule has 0 saturated carbocycles. The molecule has 25 heavy (non-hydrogen) atoms. The largest absolute Gasteiger partial charge is 0.361 e. The molecule has 2 heterocycles. The smallest absolute Gasteiger partial charge is 0.270 e. The van der Waals surface area contributed by atoms with Gasteiger partial charge in [-0.05, 0) is 44.9 Å². The molecular weight excluding hydrogens is 314 g/mol. The zero-order chi connectivity index (χ0) is 17.8. The number of amides is 1. The third-order valence-corrected chi connectivity index (χ3v) is 3.86. The number of H-pyrrole nitrogens is 1. The van der Waals surface area contributed by atoms with Gasteiger partial charge in [0.15, 0.2) is 0 Å². The minimum atomic E-state index is -0.183. The highest BCUT2D eigenvalue weighted by Crippen LogP contribution is 2.17. The molecule has 2 aromatic heterocycles. The second-order valence-electron chi connectivity index (χ2n) is 6.38. The molecule has 3 aromatic rings. The molecule has 0 radical (unpaired) electrons. The van der Waals surface area contributed by atoms with Crippen molar-refractivity contribution < 1.29 is 4.79 Å². The van der Waals surface area contributed by atoms with E-state index in [-0.39, 0.29) is 11.9 Å². The summed E-state index contributed by atoms with van der Waals surface area (Å²) in [6.07, 6.45) is 2.76. The van der Waals surface area contributed by atoms with Crippen LogP contribution in [0.4, 0.5) is 5.95 Å². The van der Waals surface area contributed by atoms with Crippen molar-refractivity contribution in [2.24, 2.45) is 0 Å². The maximum Gasteiger partial charge on any atom is 0.270 e. The van der Waals surface area contributed by atoms with Crippen molar-refractivity contribution in [3.63, 3.8) is 0 Å². The van der Waals surface area contributed by atoms with Crippen LogP contribution in [0.5, 0.6) is 0 Å². The average molecular weight is 337 g/mol. The van der Waals surface area contributed by atoms with Crippen molar-refractivity contribution in [1.82, 2.24) is 20.3 Å². The van der Waals surface area contributed by atoms with Crippen LogP contribution in [-0.4, -0.2) is 33.4 Å². The van der Waals surface area contributed by atoms with E-state index in [1.165, 1.54) is 10.9 Å². The van der Waals surface area contributed by atoms with Gasteiger partial charge in [-0.25, -0.2) is 9.97 Å². The Bertz CT molecular complexity index is 884. The third-order valence-electron chi connectivity index (χ3n) is 3.86. The van der Waals surface area contributed by atoms with Gasteiger partial charge in [-0.1, -0.05) is 18.2 Å². The molecule has 6 heteroatoms. The van der Waals surface area contributed by atoms with Crippen molar-refractivity contribution in [2.45, 2.75) is 33.2 Å². The molecule has 0 unspecified atom stereocenters. The van der Waals surface area contributed by atoms with E-state index in [1.807, 2.05) is 45.2 Å². The molecule has 0 aliphatic carbocycles. The summed E-state index contributed by atoms with van der Waals surface area (Å²) in [7, 11) is 0. The lowest BCUT2D eigenvalue weighted by Crippen LogP contribution is -2.27. The van der Waals surface area contributed by atoms with E-state index in [0.717, 1.165) is 17.6 Å². The van der Waals surface area contributed by atoms with Crippen LogP contribution in [0, 0.1) is 6.92 Å². The highest BCUT2D eigenvalue weighted by Gasteiger charge is 2.11. The number of hydrogen-bond donors (Lipinski definition) is 3. The number of carbonyl (C=O) groups is 1. The Morgan fingerprint density at radius 3 is 2.84 bits per heavy atom. The summed E-state index contributed by atoms with van der Waals surface area (Å²) in [4.78, 5) is 24.2. The van der Waals surface area contributed by atoms with Crippen molar-refractivity contribution in [3.8, 4) is 0 Å². The number of nitrogens with zero attached hydrogens (tertiary/aromatic N) is 2. The maximum atomic E-state index is 12.4. The van der Waals surface area contributed by atoms with Gasteiger partial charge < -0.3 is 15.6 Å². The molecule has 0 aliphatic heterocycles. The van der Waals surface area contributed by atoms with Crippen LogP contribution in [0.1, 0.15) is 35.6 Å². The van der Waals surface area contributed by atoms with Gasteiger partial charge in [0.05, 0.1) is 0 Å². The summed E-state index contributed by atoms with van der Waals surface area (Å²) in [5.41, 5.74) is 3.45. The summed E-state index contributed by atoms with van der Waals surface area (Å²) in [5, 5.41) is 7.26. The first kappa shape index (κ1) is 17.0. The van der Waals surface area contributed by atoms with Gasteiger partial charge in [0.2, 0.25) is 5.95 Å². The molecule has 0 aliphatic rings. The zero-order valence-electron chi connectivity index (χ0n) is 14.8. The van der Waals surface area contributed by atoms with Crippen LogP contribution in [0.15, 0.2) is 36.5 Å². The fourth-order valence-corrected chi connectivity index (χ4v) is 2.75. The molecule has 0 spiro atoms. The molecule has 0 saturated heterocycles. The molecule has 3 rings (SSSR count). The Morgan fingerprint density at radius 2 is 2.04 bits per heavy atom. The van der Waals surface area contributed by atoms with Crippen LogP contribution in [0.25, 0.3) is 10.9 Å². The first-order valence-corrected chi connectivity index (χ1v) is 8.48. The minimum absolute atomic E-state index is 0.183. The highest BCUT2D eigenvalue weighted by atomic mass is 16.1. The predicted octanol–water partition coefficient (Wildman–Crippen LogP) is 3.06. The zero-order valence-corrected chi connectivity index (χ0v) is 14.8. The fraction of sp³-hybridized carbons (Fsp3) is 0.316. The normalized spacial score (nSPS) is 11.0. The summed E-state index contributed by atoms with van der Waals surface area (Å²) in [6.45, 7) is 6.42. The van der Waals surface area contributed by atoms with E-state index in [2.05, 4.69) is 31.7 Å². The number of benzene rings is 1.